The lowest BCUT2D eigenvalue weighted by Gasteiger charge is -2.31. The number of benzene rings is 1. The zero-order valence-electron chi connectivity index (χ0n) is 14.0. The van der Waals surface area contributed by atoms with Crippen molar-refractivity contribution in [3.05, 3.63) is 23.8 Å². The number of nitrogens with zero attached hydrogens (tertiary/aromatic N) is 1. The van der Waals surface area contributed by atoms with Gasteiger partial charge in [-0.15, -0.1) is 0 Å². The number of nitrogens with one attached hydrogen (secondary N) is 1. The van der Waals surface area contributed by atoms with Crippen LogP contribution in [0.3, 0.4) is 0 Å². The first-order valence-electron chi connectivity index (χ1n) is 7.67. The van der Waals surface area contributed by atoms with Gasteiger partial charge in [0, 0.05) is 5.56 Å². The molecule has 2 rings (SSSR count). The monoisotopic (exact) mass is 337 g/mol. The van der Waals surface area contributed by atoms with E-state index in [0.717, 1.165) is 0 Å². The molecular weight excluding hydrogens is 314 g/mol. The Morgan fingerprint density at radius 2 is 2.00 bits per heavy atom. The van der Waals surface area contributed by atoms with Crippen LogP contribution in [0.2, 0.25) is 0 Å². The van der Waals surface area contributed by atoms with Crippen LogP contribution >= 0.6 is 0 Å². The third-order valence-corrected chi connectivity index (χ3v) is 4.14. The highest BCUT2D eigenvalue weighted by atomic mass is 16.7. The van der Waals surface area contributed by atoms with Crippen molar-refractivity contribution in [2.24, 2.45) is 5.73 Å². The fraction of sp³-hybridized carbons (Fsp3) is 0.500. The number of hydrogen-bond donors (Lipinski definition) is 3. The Kier molecular flexibility index (Phi) is 5.76. The summed E-state index contributed by atoms with van der Waals surface area (Å²) in [6, 6.07) is 3.57. The quantitative estimate of drug-likeness (QED) is 0.462. The SMILES string of the molecule is CC(NC(=O)C(N)CO)N(C)C(C)C(=O)c1ccc2c(c1)OCO2. The molecule has 0 bridgehead atoms. The van der Waals surface area contributed by atoms with Crippen molar-refractivity contribution in [1.82, 2.24) is 10.2 Å². The molecule has 3 unspecified atom stereocenters. The molecule has 24 heavy (non-hydrogen) atoms. The zero-order valence-corrected chi connectivity index (χ0v) is 14.0. The lowest BCUT2D eigenvalue weighted by atomic mass is 10.0. The number of nitrogens with two attached hydrogens (primary N) is 1. The molecule has 132 valence electrons. The Balaban J connectivity index is 2.02. The maximum Gasteiger partial charge on any atom is 0.240 e. The molecule has 0 saturated carbocycles. The van der Waals surface area contributed by atoms with Crippen LogP contribution < -0.4 is 20.5 Å². The number of amides is 1. The fourth-order valence-electron chi connectivity index (χ4n) is 2.31. The first kappa shape index (κ1) is 18.2. The summed E-state index contributed by atoms with van der Waals surface area (Å²) < 4.78 is 10.5. The van der Waals surface area contributed by atoms with Gasteiger partial charge in [-0.3, -0.25) is 14.5 Å². The van der Waals surface area contributed by atoms with Gasteiger partial charge in [0.1, 0.15) is 6.04 Å². The Morgan fingerprint density at radius 1 is 1.33 bits per heavy atom. The number of likely N-dealkylation sites (N-methyl/N-ethyl adjacent to an activating group) is 1. The molecule has 0 aliphatic carbocycles. The van der Waals surface area contributed by atoms with Crippen molar-refractivity contribution < 1.29 is 24.2 Å². The molecule has 1 aliphatic rings. The Labute approximate surface area is 140 Å². The van der Waals surface area contributed by atoms with E-state index >= 15 is 0 Å². The topological polar surface area (TPSA) is 114 Å². The third kappa shape index (κ3) is 3.84. The molecule has 8 nitrogen and oxygen atoms in total. The van der Waals surface area contributed by atoms with Crippen LogP contribution in [0, 0.1) is 0 Å². The molecular formula is C16H23N3O5. The number of rotatable bonds is 7. The van der Waals surface area contributed by atoms with Crippen molar-refractivity contribution >= 4 is 11.7 Å². The van der Waals surface area contributed by atoms with Crippen LogP contribution in [0.15, 0.2) is 18.2 Å². The second-order valence-corrected chi connectivity index (χ2v) is 5.75. The van der Waals surface area contributed by atoms with Gasteiger partial charge in [-0.2, -0.15) is 0 Å². The molecule has 1 aliphatic heterocycles. The first-order chi connectivity index (χ1) is 11.3. The molecule has 4 N–H and O–H groups in total. The molecule has 1 aromatic carbocycles. The largest absolute Gasteiger partial charge is 0.454 e. The van der Waals surface area contributed by atoms with Crippen molar-refractivity contribution in [2.45, 2.75) is 32.1 Å². The van der Waals surface area contributed by atoms with Crippen LogP contribution in [0.5, 0.6) is 11.5 Å². The summed E-state index contributed by atoms with van der Waals surface area (Å²) in [5, 5.41) is 11.6. The molecule has 8 heteroatoms. The van der Waals surface area contributed by atoms with Crippen molar-refractivity contribution in [3.63, 3.8) is 0 Å². The number of aliphatic hydroxyl groups excluding tert-OH is 1. The summed E-state index contributed by atoms with van der Waals surface area (Å²) in [4.78, 5) is 26.1. The number of ketones is 1. The van der Waals surface area contributed by atoms with E-state index in [4.69, 9.17) is 20.3 Å². The number of carbonyl (C=O) groups excluding carboxylic acids is 2. The van der Waals surface area contributed by atoms with E-state index < -0.39 is 30.8 Å². The maximum absolute atomic E-state index is 12.7. The van der Waals surface area contributed by atoms with Crippen molar-refractivity contribution in [2.75, 3.05) is 20.4 Å². The predicted octanol–water partition coefficient (Wildman–Crippen LogP) is -0.300. The molecule has 0 fully saturated rings. The van der Waals surface area contributed by atoms with Crippen molar-refractivity contribution in [3.8, 4) is 11.5 Å². The summed E-state index contributed by atoms with van der Waals surface area (Å²) in [5.41, 5.74) is 5.97. The Bertz CT molecular complexity index is 622. The van der Waals surface area contributed by atoms with E-state index in [1.54, 1.807) is 44.0 Å². The molecule has 0 radical (unpaired) electrons. The number of Topliss-reactive ketones (excluding diaryl/α,β-unsaturated/α-hetero) is 1. The standard InChI is InChI=1S/C16H23N3O5/c1-9(19(3)10(2)18-16(22)12(17)7-20)15(21)11-4-5-13-14(6-11)24-8-23-13/h4-6,9-10,12,20H,7-8,17H2,1-3H3,(H,18,22). The van der Waals surface area contributed by atoms with Crippen LogP contribution in [-0.4, -0.2) is 60.4 Å². The lowest BCUT2D eigenvalue weighted by Crippen LogP contribution is -2.54. The van der Waals surface area contributed by atoms with E-state index in [9.17, 15) is 9.59 Å². The average Bonchev–Trinajstić information content (AvgIpc) is 3.06. The maximum atomic E-state index is 12.7. The van der Waals surface area contributed by atoms with Gasteiger partial charge in [0.15, 0.2) is 17.3 Å². The van der Waals surface area contributed by atoms with E-state index in [2.05, 4.69) is 5.32 Å². The van der Waals surface area contributed by atoms with Gasteiger partial charge in [-0.05, 0) is 39.1 Å². The lowest BCUT2D eigenvalue weighted by molar-refractivity contribution is -0.125. The Morgan fingerprint density at radius 3 is 2.67 bits per heavy atom. The molecule has 0 spiro atoms. The summed E-state index contributed by atoms with van der Waals surface area (Å²) in [6.07, 6.45) is -0.428. The number of carbonyl (C=O) groups is 2. The molecule has 1 aromatic rings. The number of ether oxygens (including phenoxy) is 2. The molecule has 1 amide bonds. The van der Waals surface area contributed by atoms with E-state index in [-0.39, 0.29) is 12.6 Å². The number of aliphatic hydroxyl groups is 1. The first-order valence-corrected chi connectivity index (χ1v) is 7.67. The third-order valence-electron chi connectivity index (χ3n) is 4.14. The minimum absolute atomic E-state index is 0.108. The minimum Gasteiger partial charge on any atom is -0.454 e. The van der Waals surface area contributed by atoms with E-state index in [1.807, 2.05) is 0 Å². The average molecular weight is 337 g/mol. The van der Waals surface area contributed by atoms with Crippen LogP contribution in [0.25, 0.3) is 0 Å². The highest BCUT2D eigenvalue weighted by Crippen LogP contribution is 2.33. The van der Waals surface area contributed by atoms with Gasteiger partial charge in [0.2, 0.25) is 12.7 Å². The van der Waals surface area contributed by atoms with Gasteiger partial charge >= 0.3 is 0 Å². The summed E-state index contributed by atoms with van der Waals surface area (Å²) >= 11 is 0. The van der Waals surface area contributed by atoms with Crippen LogP contribution in [0.1, 0.15) is 24.2 Å². The van der Waals surface area contributed by atoms with E-state index in [1.165, 1.54) is 0 Å². The molecule has 3 atom stereocenters. The van der Waals surface area contributed by atoms with Crippen LogP contribution in [-0.2, 0) is 4.79 Å². The normalized spacial score (nSPS) is 16.6. The van der Waals surface area contributed by atoms with Crippen LogP contribution in [0.4, 0.5) is 0 Å². The smallest absolute Gasteiger partial charge is 0.240 e. The minimum atomic E-state index is -0.985. The summed E-state index contributed by atoms with van der Waals surface area (Å²) in [5.74, 6) is 0.583. The molecule has 0 aromatic heterocycles. The van der Waals surface area contributed by atoms with Gasteiger partial charge in [-0.1, -0.05) is 0 Å². The zero-order chi connectivity index (χ0) is 17.9. The fourth-order valence-corrected chi connectivity index (χ4v) is 2.31. The summed E-state index contributed by atoms with van der Waals surface area (Å²) in [6.45, 7) is 3.21. The van der Waals surface area contributed by atoms with Gasteiger partial charge < -0.3 is 25.6 Å². The highest BCUT2D eigenvalue weighted by molar-refractivity contribution is 6.00. The second kappa shape index (κ2) is 7.61. The Hall–Kier alpha value is -2.16. The summed E-state index contributed by atoms with van der Waals surface area (Å²) in [7, 11) is 1.73. The predicted molar refractivity (Wildman–Crippen MR) is 86.8 cm³/mol. The second-order valence-electron chi connectivity index (χ2n) is 5.75. The van der Waals surface area contributed by atoms with Gasteiger partial charge in [0.25, 0.3) is 0 Å². The number of hydrogen-bond acceptors (Lipinski definition) is 7. The van der Waals surface area contributed by atoms with Gasteiger partial charge in [0.05, 0.1) is 18.8 Å². The number of fused-ring (bicyclic) bond motifs is 1. The van der Waals surface area contributed by atoms with E-state index in [0.29, 0.717) is 17.1 Å². The van der Waals surface area contributed by atoms with Crippen molar-refractivity contribution in [1.29, 1.82) is 0 Å². The molecule has 0 saturated heterocycles. The molecule has 1 heterocycles. The highest BCUT2D eigenvalue weighted by Gasteiger charge is 2.26. The van der Waals surface area contributed by atoms with Gasteiger partial charge in [-0.25, -0.2) is 0 Å².